The van der Waals surface area contributed by atoms with Gasteiger partial charge in [0.2, 0.25) is 0 Å². The largest absolute Gasteiger partial charge is 0.496 e. The Hall–Kier alpha value is -2.67. The monoisotopic (exact) mass is 388 g/mol. The fourth-order valence-electron chi connectivity index (χ4n) is 2.21. The van der Waals surface area contributed by atoms with E-state index in [1.807, 2.05) is 0 Å². The van der Waals surface area contributed by atoms with Gasteiger partial charge >= 0.3 is 5.97 Å². The molecular formula is C17H13BrN2O4. The third-order valence-corrected chi connectivity index (χ3v) is 4.01. The topological polar surface area (TPSA) is 81.3 Å². The second-order valence-corrected chi connectivity index (χ2v) is 5.81. The first-order valence-corrected chi connectivity index (χ1v) is 7.86. The van der Waals surface area contributed by atoms with Crippen molar-refractivity contribution in [2.45, 2.75) is 6.61 Å². The van der Waals surface area contributed by atoms with Crippen LogP contribution >= 0.6 is 15.9 Å². The van der Waals surface area contributed by atoms with E-state index in [1.54, 1.807) is 49.6 Å². The summed E-state index contributed by atoms with van der Waals surface area (Å²) in [6.07, 6.45) is 0. The van der Waals surface area contributed by atoms with Gasteiger partial charge in [-0.1, -0.05) is 12.1 Å². The summed E-state index contributed by atoms with van der Waals surface area (Å²) in [6.45, 7) is -0.122. The smallest absolute Gasteiger partial charge is 0.338 e. The number of nitrogens with one attached hydrogen (secondary N) is 1. The number of halogens is 1. The number of esters is 1. The molecule has 2 aromatic carbocycles. The highest BCUT2D eigenvalue weighted by atomic mass is 79.9. The molecule has 1 N–H and O–H groups in total. The van der Waals surface area contributed by atoms with E-state index in [-0.39, 0.29) is 12.2 Å². The van der Waals surface area contributed by atoms with Gasteiger partial charge in [-0.05, 0) is 46.3 Å². The maximum absolute atomic E-state index is 12.1. The van der Waals surface area contributed by atoms with Gasteiger partial charge in [0.15, 0.2) is 0 Å². The third-order valence-electron chi connectivity index (χ3n) is 3.39. The van der Waals surface area contributed by atoms with Crippen LogP contribution in [0.25, 0.3) is 10.9 Å². The van der Waals surface area contributed by atoms with Crippen molar-refractivity contribution in [1.82, 2.24) is 9.97 Å². The van der Waals surface area contributed by atoms with Crippen molar-refractivity contribution in [3.8, 4) is 5.75 Å². The van der Waals surface area contributed by atoms with Crippen molar-refractivity contribution >= 4 is 32.8 Å². The van der Waals surface area contributed by atoms with Gasteiger partial charge in [-0.15, -0.1) is 0 Å². The van der Waals surface area contributed by atoms with Gasteiger partial charge in [-0.25, -0.2) is 9.78 Å². The molecule has 122 valence electrons. The molecular weight excluding hydrogens is 376 g/mol. The van der Waals surface area contributed by atoms with Crippen LogP contribution < -0.4 is 10.3 Å². The van der Waals surface area contributed by atoms with E-state index in [9.17, 15) is 9.59 Å². The molecule has 24 heavy (non-hydrogen) atoms. The Morgan fingerprint density at radius 2 is 2.04 bits per heavy atom. The standard InChI is InChI=1S/C17H13BrN2O4/c1-23-14-7-6-10(8-12(14)18)17(22)24-9-15-19-13-5-3-2-4-11(13)16(21)20-15/h2-8H,9H2,1H3,(H,19,20,21). The second-order valence-electron chi connectivity index (χ2n) is 4.96. The third kappa shape index (κ3) is 3.30. The molecule has 0 saturated carbocycles. The van der Waals surface area contributed by atoms with E-state index in [2.05, 4.69) is 25.9 Å². The van der Waals surface area contributed by atoms with Crippen LogP contribution in [0.4, 0.5) is 0 Å². The molecule has 0 bridgehead atoms. The number of nitrogens with zero attached hydrogens (tertiary/aromatic N) is 1. The van der Waals surface area contributed by atoms with Crippen molar-refractivity contribution < 1.29 is 14.3 Å². The predicted octanol–water partition coefficient (Wildman–Crippen LogP) is 3.05. The van der Waals surface area contributed by atoms with Gasteiger partial charge in [0, 0.05) is 0 Å². The Balaban J connectivity index is 1.77. The van der Waals surface area contributed by atoms with Crippen molar-refractivity contribution in [2.24, 2.45) is 0 Å². The fourth-order valence-corrected chi connectivity index (χ4v) is 2.75. The van der Waals surface area contributed by atoms with Gasteiger partial charge < -0.3 is 14.5 Å². The molecule has 0 saturated heterocycles. The molecule has 1 heterocycles. The molecule has 3 rings (SSSR count). The van der Waals surface area contributed by atoms with E-state index in [1.165, 1.54) is 0 Å². The molecule has 7 heteroatoms. The second kappa shape index (κ2) is 6.84. The quantitative estimate of drug-likeness (QED) is 0.694. The zero-order valence-corrected chi connectivity index (χ0v) is 14.3. The SMILES string of the molecule is COc1ccc(C(=O)OCc2nc3ccccc3c(=O)[nH]2)cc1Br. The number of fused-ring (bicyclic) bond motifs is 1. The van der Waals surface area contributed by atoms with Gasteiger partial charge in [0.05, 0.1) is 28.0 Å². The Kier molecular flexibility index (Phi) is 4.61. The summed E-state index contributed by atoms with van der Waals surface area (Å²) in [5.41, 5.74) is 0.657. The first-order chi connectivity index (χ1) is 11.6. The van der Waals surface area contributed by atoms with E-state index >= 15 is 0 Å². The lowest BCUT2D eigenvalue weighted by atomic mass is 10.2. The maximum atomic E-state index is 12.1. The Morgan fingerprint density at radius 1 is 1.25 bits per heavy atom. The van der Waals surface area contributed by atoms with Crippen molar-refractivity contribution in [3.63, 3.8) is 0 Å². The summed E-state index contributed by atoms with van der Waals surface area (Å²) in [5.74, 6) is 0.390. The summed E-state index contributed by atoms with van der Waals surface area (Å²) in [6, 6.07) is 11.8. The minimum absolute atomic E-state index is 0.122. The first-order valence-electron chi connectivity index (χ1n) is 7.07. The van der Waals surface area contributed by atoms with Gasteiger partial charge in [0.1, 0.15) is 18.2 Å². The summed E-state index contributed by atoms with van der Waals surface area (Å²) in [4.78, 5) is 31.0. The van der Waals surface area contributed by atoms with Crippen LogP contribution in [0.5, 0.6) is 5.75 Å². The molecule has 0 spiro atoms. The Labute approximate surface area is 145 Å². The number of carbonyl (C=O) groups excluding carboxylic acids is 1. The Bertz CT molecular complexity index is 968. The van der Waals surface area contributed by atoms with Crippen LogP contribution in [-0.2, 0) is 11.3 Å². The molecule has 0 atom stereocenters. The van der Waals surface area contributed by atoms with Crippen LogP contribution in [0, 0.1) is 0 Å². The summed E-state index contributed by atoms with van der Waals surface area (Å²) >= 11 is 3.32. The zero-order chi connectivity index (χ0) is 17.1. The van der Waals surface area contributed by atoms with E-state index in [4.69, 9.17) is 9.47 Å². The number of methoxy groups -OCH3 is 1. The predicted molar refractivity (Wildman–Crippen MR) is 92.2 cm³/mol. The number of aromatic nitrogens is 2. The van der Waals surface area contributed by atoms with Crippen molar-refractivity contribution in [1.29, 1.82) is 0 Å². The highest BCUT2D eigenvalue weighted by Gasteiger charge is 2.12. The average Bonchev–Trinajstić information content (AvgIpc) is 2.59. The van der Waals surface area contributed by atoms with E-state index in [0.29, 0.717) is 32.5 Å². The summed E-state index contributed by atoms with van der Waals surface area (Å²) in [5, 5.41) is 0.492. The number of hydrogen-bond donors (Lipinski definition) is 1. The molecule has 0 aliphatic carbocycles. The maximum Gasteiger partial charge on any atom is 0.338 e. The number of H-pyrrole nitrogens is 1. The van der Waals surface area contributed by atoms with E-state index < -0.39 is 5.97 Å². The minimum atomic E-state index is -0.519. The lowest BCUT2D eigenvalue weighted by molar-refractivity contribution is 0.0462. The highest BCUT2D eigenvalue weighted by molar-refractivity contribution is 9.10. The lowest BCUT2D eigenvalue weighted by Gasteiger charge is -2.07. The molecule has 3 aromatic rings. The summed E-state index contributed by atoms with van der Waals surface area (Å²) < 4.78 is 11.0. The van der Waals surface area contributed by atoms with Crippen LogP contribution in [-0.4, -0.2) is 23.0 Å². The normalized spacial score (nSPS) is 10.6. The number of ether oxygens (including phenoxy) is 2. The van der Waals surface area contributed by atoms with Gasteiger partial charge in [0.25, 0.3) is 5.56 Å². The zero-order valence-electron chi connectivity index (χ0n) is 12.7. The molecule has 1 aromatic heterocycles. The average molecular weight is 389 g/mol. The molecule has 0 radical (unpaired) electrons. The molecule has 0 aliphatic rings. The molecule has 0 unspecified atom stereocenters. The fraction of sp³-hybridized carbons (Fsp3) is 0.118. The van der Waals surface area contributed by atoms with Crippen LogP contribution in [0.1, 0.15) is 16.2 Å². The van der Waals surface area contributed by atoms with Crippen LogP contribution in [0.3, 0.4) is 0 Å². The number of rotatable bonds is 4. The lowest BCUT2D eigenvalue weighted by Crippen LogP contribution is -2.14. The summed E-state index contributed by atoms with van der Waals surface area (Å²) in [7, 11) is 1.54. The van der Waals surface area contributed by atoms with Crippen molar-refractivity contribution in [3.05, 3.63) is 68.7 Å². The number of carbonyl (C=O) groups is 1. The number of benzene rings is 2. The van der Waals surface area contributed by atoms with Crippen molar-refractivity contribution in [2.75, 3.05) is 7.11 Å². The highest BCUT2D eigenvalue weighted by Crippen LogP contribution is 2.25. The van der Waals surface area contributed by atoms with Crippen LogP contribution in [0.15, 0.2) is 51.7 Å². The Morgan fingerprint density at radius 3 is 2.79 bits per heavy atom. The number of para-hydroxylation sites is 1. The number of aromatic amines is 1. The number of hydrogen-bond acceptors (Lipinski definition) is 5. The van der Waals surface area contributed by atoms with Gasteiger partial charge in [-0.3, -0.25) is 4.79 Å². The van der Waals surface area contributed by atoms with Crippen LogP contribution in [0.2, 0.25) is 0 Å². The van der Waals surface area contributed by atoms with Gasteiger partial charge in [-0.2, -0.15) is 0 Å². The molecule has 6 nitrogen and oxygen atoms in total. The molecule has 0 aliphatic heterocycles. The van der Waals surface area contributed by atoms with E-state index in [0.717, 1.165) is 0 Å². The molecule has 0 amide bonds. The first kappa shape index (κ1) is 16.2. The molecule has 0 fully saturated rings. The minimum Gasteiger partial charge on any atom is -0.496 e.